The van der Waals surface area contributed by atoms with E-state index in [0.717, 1.165) is 31.4 Å². The van der Waals surface area contributed by atoms with E-state index in [0.29, 0.717) is 0 Å². The number of halogens is 8. The lowest BCUT2D eigenvalue weighted by Gasteiger charge is -2.34. The number of rotatable bonds is 5. The van der Waals surface area contributed by atoms with Crippen molar-refractivity contribution in [3.63, 3.8) is 0 Å². The highest BCUT2D eigenvalue weighted by Crippen LogP contribution is 2.49. The number of hydrogen-bond donors (Lipinski definition) is 2. The maximum absolute atomic E-state index is 14.0. The van der Waals surface area contributed by atoms with E-state index in [9.17, 15) is 54.3 Å². The van der Waals surface area contributed by atoms with Crippen molar-refractivity contribution in [1.29, 1.82) is 0 Å². The molecule has 2 amide bonds. The molecule has 0 bridgehead atoms. The van der Waals surface area contributed by atoms with Crippen molar-refractivity contribution in [1.82, 2.24) is 10.6 Å². The number of ether oxygens (including phenoxy) is 2. The molecule has 2 heterocycles. The second kappa shape index (κ2) is 12.2. The Labute approximate surface area is 238 Å². The molecule has 2 aliphatic heterocycles. The van der Waals surface area contributed by atoms with Crippen LogP contribution in [0, 0.1) is 23.5 Å². The van der Waals surface area contributed by atoms with Gasteiger partial charge in [-0.1, -0.05) is 36.4 Å². The Hall–Kier alpha value is -4.24. The summed E-state index contributed by atoms with van der Waals surface area (Å²) >= 11 is 0. The lowest BCUT2D eigenvalue weighted by atomic mass is 9.78. The van der Waals surface area contributed by atoms with Crippen LogP contribution in [0.1, 0.15) is 30.9 Å². The molecule has 8 nitrogen and oxygen atoms in total. The molecular weight excluding hydrogens is 600 g/mol. The Morgan fingerprint density at radius 3 is 1.47 bits per heavy atom. The van der Waals surface area contributed by atoms with Gasteiger partial charge in [0, 0.05) is 24.0 Å². The van der Waals surface area contributed by atoms with Gasteiger partial charge < -0.3 is 20.1 Å². The van der Waals surface area contributed by atoms with E-state index in [-0.39, 0.29) is 6.61 Å². The van der Waals surface area contributed by atoms with Crippen molar-refractivity contribution < 1.29 is 63.8 Å². The molecule has 2 aromatic carbocycles. The maximum Gasteiger partial charge on any atom is 0.395 e. The van der Waals surface area contributed by atoms with Crippen LogP contribution in [0.15, 0.2) is 48.5 Å². The van der Waals surface area contributed by atoms with Gasteiger partial charge in [-0.15, -0.1) is 0 Å². The molecule has 2 fully saturated rings. The minimum atomic E-state index is -4.88. The summed E-state index contributed by atoms with van der Waals surface area (Å²) < 4.78 is 117. The van der Waals surface area contributed by atoms with Crippen molar-refractivity contribution in [3.8, 4) is 0 Å². The van der Waals surface area contributed by atoms with Crippen molar-refractivity contribution in [2.45, 2.75) is 43.2 Å². The topological polar surface area (TPSA) is 111 Å². The van der Waals surface area contributed by atoms with Crippen LogP contribution in [-0.4, -0.2) is 49.8 Å². The zero-order valence-corrected chi connectivity index (χ0v) is 22.4. The summed E-state index contributed by atoms with van der Waals surface area (Å²) in [5, 5.41) is 3.95. The molecule has 0 unspecified atom stereocenters. The molecule has 16 heteroatoms. The molecule has 2 aromatic rings. The van der Waals surface area contributed by atoms with Crippen LogP contribution in [0.2, 0.25) is 0 Å². The van der Waals surface area contributed by atoms with Crippen molar-refractivity contribution in [2.24, 2.45) is 11.8 Å². The SMILES string of the molecule is CCOC(=O)[C@]1(c2ccccc2F)NC(=O)C[C@H]1C(F)(F)F.COC(=O)[C@]1(c2ccccc2F)NC(=O)C[C@H]1C(F)(F)F. The van der Waals surface area contributed by atoms with Gasteiger partial charge in [0.2, 0.25) is 11.8 Å². The minimum Gasteiger partial charge on any atom is -0.467 e. The number of carbonyl (C=O) groups excluding carboxylic acids is 4. The average molecular weight is 624 g/mol. The third kappa shape index (κ3) is 6.13. The molecule has 0 radical (unpaired) electrons. The van der Waals surface area contributed by atoms with Gasteiger partial charge >= 0.3 is 24.3 Å². The Bertz CT molecular complexity index is 1400. The number of amides is 2. The van der Waals surface area contributed by atoms with Crippen molar-refractivity contribution in [2.75, 3.05) is 13.7 Å². The third-order valence-corrected chi connectivity index (χ3v) is 6.99. The lowest BCUT2D eigenvalue weighted by molar-refractivity contribution is -0.200. The summed E-state index contributed by atoms with van der Waals surface area (Å²) in [4.78, 5) is 47.3. The number of hydrogen-bond acceptors (Lipinski definition) is 6. The molecule has 2 N–H and O–H groups in total. The summed E-state index contributed by atoms with van der Waals surface area (Å²) in [5.41, 5.74) is -6.32. The van der Waals surface area contributed by atoms with Gasteiger partial charge in [0.25, 0.3) is 0 Å². The van der Waals surface area contributed by atoms with Crippen molar-refractivity contribution in [3.05, 3.63) is 71.3 Å². The zero-order chi connectivity index (χ0) is 32.4. The Kier molecular flexibility index (Phi) is 9.41. The van der Waals surface area contributed by atoms with Gasteiger partial charge in [-0.2, -0.15) is 26.3 Å². The first-order valence-corrected chi connectivity index (χ1v) is 12.5. The molecule has 234 valence electrons. The minimum absolute atomic E-state index is 0.199. The van der Waals surface area contributed by atoms with E-state index >= 15 is 0 Å². The van der Waals surface area contributed by atoms with Gasteiger partial charge in [0.1, 0.15) is 23.5 Å². The van der Waals surface area contributed by atoms with Crippen LogP contribution in [-0.2, 0) is 39.7 Å². The molecule has 0 spiro atoms. The highest BCUT2D eigenvalue weighted by atomic mass is 19.4. The van der Waals surface area contributed by atoms with Gasteiger partial charge in [-0.3, -0.25) is 9.59 Å². The standard InChI is InChI=1S/C14H13F4NO3.C13H11F4NO3/c1-2-22-12(21)13(8-5-3-4-6-9(8)15)10(14(16,17)18)7-11(20)19-13;1-21-11(20)12(7-4-2-3-5-8(7)14)9(13(15,16)17)6-10(19)18-12/h3-6,10H,2,7H2,1H3,(H,19,20);2-5,9H,6H2,1H3,(H,18,19)/t10-,13-;9-,12-/m11/s1. The molecule has 0 saturated carbocycles. The van der Waals surface area contributed by atoms with Gasteiger partial charge in [0.05, 0.1) is 13.7 Å². The number of methoxy groups -OCH3 is 1. The fraction of sp³-hybridized carbons (Fsp3) is 0.407. The first kappa shape index (κ1) is 33.3. The molecule has 2 saturated heterocycles. The molecule has 0 aliphatic carbocycles. The van der Waals surface area contributed by atoms with Crippen LogP contribution in [0.5, 0.6) is 0 Å². The maximum atomic E-state index is 14.0. The summed E-state index contributed by atoms with van der Waals surface area (Å²) in [7, 11) is 0.878. The van der Waals surface area contributed by atoms with E-state index in [1.54, 1.807) is 0 Å². The number of alkyl halides is 6. The summed E-state index contributed by atoms with van der Waals surface area (Å²) in [6.45, 7) is 1.21. The van der Waals surface area contributed by atoms with Gasteiger partial charge in [-0.05, 0) is 19.1 Å². The first-order chi connectivity index (χ1) is 20.0. The first-order valence-electron chi connectivity index (χ1n) is 12.5. The Balaban J connectivity index is 0.000000236. The van der Waals surface area contributed by atoms with E-state index < -0.39 is 94.6 Å². The van der Waals surface area contributed by atoms with Gasteiger partial charge in [-0.25, -0.2) is 18.4 Å². The number of esters is 2. The monoisotopic (exact) mass is 624 g/mol. The molecule has 0 aromatic heterocycles. The third-order valence-electron chi connectivity index (χ3n) is 6.99. The zero-order valence-electron chi connectivity index (χ0n) is 22.4. The summed E-state index contributed by atoms with van der Waals surface area (Å²) in [6.07, 6.45) is -11.7. The van der Waals surface area contributed by atoms with E-state index in [1.165, 1.54) is 31.2 Å². The molecule has 2 aliphatic rings. The summed E-state index contributed by atoms with van der Waals surface area (Å²) in [6, 6.07) is 9.01. The summed E-state index contributed by atoms with van der Waals surface area (Å²) in [5.74, 6) is -11.5. The largest absolute Gasteiger partial charge is 0.467 e. The Morgan fingerprint density at radius 2 is 1.14 bits per heavy atom. The quantitative estimate of drug-likeness (QED) is 0.382. The molecular formula is C27H24F8N2O6. The number of nitrogens with one attached hydrogen (secondary N) is 2. The van der Waals surface area contributed by atoms with Crippen molar-refractivity contribution >= 4 is 23.8 Å². The van der Waals surface area contributed by atoms with E-state index in [1.807, 2.05) is 10.6 Å². The highest BCUT2D eigenvalue weighted by Gasteiger charge is 2.66. The average Bonchev–Trinajstić information content (AvgIpc) is 3.48. The van der Waals surface area contributed by atoms with Crippen LogP contribution in [0.3, 0.4) is 0 Å². The van der Waals surface area contributed by atoms with Crippen LogP contribution in [0.4, 0.5) is 35.1 Å². The fourth-order valence-corrected chi connectivity index (χ4v) is 5.20. The van der Waals surface area contributed by atoms with E-state index in [4.69, 9.17) is 4.74 Å². The number of benzene rings is 2. The predicted octanol–water partition coefficient (Wildman–Crippen LogP) is 4.17. The molecule has 43 heavy (non-hydrogen) atoms. The lowest BCUT2D eigenvalue weighted by Crippen LogP contribution is -2.55. The predicted molar refractivity (Wildman–Crippen MR) is 129 cm³/mol. The smallest absolute Gasteiger partial charge is 0.395 e. The number of carbonyl (C=O) groups is 4. The second-order valence-electron chi connectivity index (χ2n) is 9.48. The fourth-order valence-electron chi connectivity index (χ4n) is 5.20. The highest BCUT2D eigenvalue weighted by molar-refractivity contribution is 5.94. The van der Waals surface area contributed by atoms with Crippen LogP contribution in [0.25, 0.3) is 0 Å². The molecule has 4 rings (SSSR count). The van der Waals surface area contributed by atoms with Gasteiger partial charge in [0.15, 0.2) is 11.1 Å². The normalized spacial score (nSPS) is 25.3. The van der Waals surface area contributed by atoms with E-state index in [2.05, 4.69) is 4.74 Å². The Morgan fingerprint density at radius 1 is 0.767 bits per heavy atom. The second-order valence-corrected chi connectivity index (χ2v) is 9.48. The van der Waals surface area contributed by atoms with Crippen LogP contribution < -0.4 is 10.6 Å². The molecule has 4 atom stereocenters. The van der Waals surface area contributed by atoms with Crippen LogP contribution >= 0.6 is 0 Å².